The molecule has 1 atom stereocenters. The molecule has 8 rings (SSSR count). The summed E-state index contributed by atoms with van der Waals surface area (Å²) >= 11 is 0. The first-order valence-electron chi connectivity index (χ1n) is 16.3. The fourth-order valence-corrected chi connectivity index (χ4v) is 7.78. The Hall–Kier alpha value is -4.65. The van der Waals surface area contributed by atoms with E-state index >= 15 is 8.78 Å². The van der Waals surface area contributed by atoms with Gasteiger partial charge >= 0.3 is 12.2 Å². The number of aromatic nitrogens is 3. The Morgan fingerprint density at radius 3 is 2.31 bits per heavy atom. The minimum atomic E-state index is -5.40. The van der Waals surface area contributed by atoms with Crippen molar-refractivity contribution in [3.8, 4) is 11.1 Å². The summed E-state index contributed by atoms with van der Waals surface area (Å²) < 4.78 is 123. The first-order valence-corrected chi connectivity index (χ1v) is 16.3. The molecule has 19 heteroatoms. The highest BCUT2D eigenvalue weighted by atomic mass is 19.4. The van der Waals surface area contributed by atoms with Crippen LogP contribution in [0.3, 0.4) is 0 Å². The molecule has 2 aromatic heterocycles. The molecular formula is C33H29F8N7O4. The Bertz CT molecular complexity index is 1950. The molecule has 1 saturated carbocycles. The molecule has 3 aliphatic heterocycles. The molecule has 0 bridgehead atoms. The molecular weight excluding hydrogens is 710 g/mol. The maximum Gasteiger partial charge on any atom is 0.412 e. The molecule has 5 heterocycles. The Labute approximate surface area is 289 Å². The molecule has 276 valence electrons. The number of rotatable bonds is 8. The summed E-state index contributed by atoms with van der Waals surface area (Å²) in [6, 6.07) is 4.80. The van der Waals surface area contributed by atoms with Crippen molar-refractivity contribution < 1.29 is 54.2 Å². The third kappa shape index (κ3) is 5.33. The second-order valence-electron chi connectivity index (χ2n) is 14.1. The number of urea groups is 1. The number of fused-ring (bicyclic) bond motifs is 2. The van der Waals surface area contributed by atoms with E-state index in [9.17, 15) is 40.7 Å². The van der Waals surface area contributed by atoms with Crippen molar-refractivity contribution in [3.63, 3.8) is 0 Å². The van der Waals surface area contributed by atoms with Crippen LogP contribution in [0.5, 0.6) is 0 Å². The van der Waals surface area contributed by atoms with Crippen LogP contribution in [0.15, 0.2) is 48.9 Å². The summed E-state index contributed by atoms with van der Waals surface area (Å²) in [5.74, 6) is -11.2. The number of amides is 4. The topological polar surface area (TPSA) is 113 Å². The van der Waals surface area contributed by atoms with Gasteiger partial charge in [0.1, 0.15) is 17.9 Å². The molecule has 11 nitrogen and oxygen atoms in total. The van der Waals surface area contributed by atoms with Gasteiger partial charge in [-0.25, -0.2) is 26.7 Å². The van der Waals surface area contributed by atoms with Crippen molar-refractivity contribution in [2.75, 3.05) is 32.8 Å². The van der Waals surface area contributed by atoms with Crippen molar-refractivity contribution in [2.24, 2.45) is 0 Å². The normalized spacial score (nSPS) is 25.0. The predicted molar refractivity (Wildman–Crippen MR) is 161 cm³/mol. The zero-order chi connectivity index (χ0) is 37.0. The summed E-state index contributed by atoms with van der Waals surface area (Å²) in [5.41, 5.74) is -6.04. The monoisotopic (exact) mass is 739 g/mol. The molecule has 0 radical (unpaired) electrons. The molecule has 1 aromatic carbocycles. The van der Waals surface area contributed by atoms with Gasteiger partial charge in [-0.2, -0.15) is 18.3 Å². The van der Waals surface area contributed by atoms with Crippen molar-refractivity contribution in [1.82, 2.24) is 34.8 Å². The number of hydrogen-bond donors (Lipinski definition) is 1. The lowest BCUT2D eigenvalue weighted by molar-refractivity contribution is -0.308. The maximum atomic E-state index is 15.7. The highest BCUT2D eigenvalue weighted by Crippen LogP contribution is 2.58. The molecule has 4 fully saturated rings. The van der Waals surface area contributed by atoms with Crippen LogP contribution in [0, 0.1) is 5.82 Å². The third-order valence-corrected chi connectivity index (χ3v) is 10.7. The van der Waals surface area contributed by atoms with Crippen molar-refractivity contribution in [3.05, 3.63) is 71.6 Å². The van der Waals surface area contributed by atoms with Crippen molar-refractivity contribution in [1.29, 1.82) is 0 Å². The molecule has 1 spiro atoms. The average Bonchev–Trinajstić information content (AvgIpc) is 3.65. The maximum absolute atomic E-state index is 15.7. The largest absolute Gasteiger partial charge is 0.412 e. The molecule has 5 aliphatic rings. The van der Waals surface area contributed by atoms with Crippen LogP contribution in [0.25, 0.3) is 11.1 Å². The van der Waals surface area contributed by atoms with Gasteiger partial charge in [0.25, 0.3) is 17.8 Å². The van der Waals surface area contributed by atoms with Crippen LogP contribution in [-0.4, -0.2) is 104 Å². The number of nitrogens with zero attached hydrogens (tertiary/aromatic N) is 6. The van der Waals surface area contributed by atoms with Gasteiger partial charge < -0.3 is 15.0 Å². The van der Waals surface area contributed by atoms with Gasteiger partial charge in [-0.3, -0.25) is 29.1 Å². The van der Waals surface area contributed by atoms with Gasteiger partial charge in [0.05, 0.1) is 56.4 Å². The van der Waals surface area contributed by atoms with Crippen molar-refractivity contribution in [2.45, 2.75) is 67.0 Å². The van der Waals surface area contributed by atoms with E-state index in [1.54, 1.807) is 10.9 Å². The molecule has 4 amide bonds. The number of pyridine rings is 1. The molecule has 2 aliphatic carbocycles. The van der Waals surface area contributed by atoms with Gasteiger partial charge in [0.2, 0.25) is 5.91 Å². The van der Waals surface area contributed by atoms with E-state index in [1.807, 2.05) is 0 Å². The van der Waals surface area contributed by atoms with Crippen LogP contribution < -0.4 is 5.32 Å². The summed E-state index contributed by atoms with van der Waals surface area (Å²) in [6.07, 6.45) is -6.36. The number of carbonyl (C=O) groups is 3. The molecule has 52 heavy (non-hydrogen) atoms. The predicted octanol–water partition coefficient (Wildman–Crippen LogP) is 4.34. The van der Waals surface area contributed by atoms with Gasteiger partial charge in [-0.15, -0.1) is 0 Å². The van der Waals surface area contributed by atoms with Crippen LogP contribution >= 0.6 is 0 Å². The van der Waals surface area contributed by atoms with Crippen molar-refractivity contribution >= 4 is 17.8 Å². The first kappa shape index (κ1) is 34.4. The minimum absolute atomic E-state index is 0.0444. The molecule has 1 N–H and O–H groups in total. The quantitative estimate of drug-likeness (QED) is 0.270. The minimum Gasteiger partial charge on any atom is -0.378 e. The smallest absolute Gasteiger partial charge is 0.378 e. The number of benzene rings is 1. The van der Waals surface area contributed by atoms with E-state index in [1.165, 1.54) is 24.4 Å². The standard InChI is InChI=1S/C33H29F8N7O4/c34-20-2-3-21(42-7-20)9-47(29(33(39,40)41)15-30(35,36)16-29)26(49)12-46-27(50)31(44-28(46)51)17-32(37,38)25-5-18(1-4-24(25)31)19-6-43-48(8-19)22-10-45(11-22)23-13-52-14-23/h1-8,22-23H,9-17H2,(H,44,51)/t31-/m0/s1. The number of hydrogen-bond acceptors (Lipinski definition) is 7. The van der Waals surface area contributed by atoms with Gasteiger partial charge in [-0.1, -0.05) is 12.1 Å². The number of alkyl halides is 7. The van der Waals surface area contributed by atoms with Crippen LogP contribution in [0.1, 0.15) is 42.1 Å². The number of likely N-dealkylation sites (tertiary alicyclic amines) is 1. The number of halogens is 8. The van der Waals surface area contributed by atoms with E-state index in [4.69, 9.17) is 4.74 Å². The van der Waals surface area contributed by atoms with Crippen LogP contribution in [0.2, 0.25) is 0 Å². The summed E-state index contributed by atoms with van der Waals surface area (Å²) in [5, 5.41) is 6.62. The number of carbonyl (C=O) groups excluding carboxylic acids is 3. The highest BCUT2D eigenvalue weighted by Gasteiger charge is 2.73. The Kier molecular flexibility index (Phi) is 7.56. The second kappa shape index (κ2) is 11.4. The van der Waals surface area contributed by atoms with Gasteiger partial charge in [-0.05, 0) is 29.3 Å². The Morgan fingerprint density at radius 1 is 0.962 bits per heavy atom. The van der Waals surface area contributed by atoms with E-state index in [2.05, 4.69) is 20.3 Å². The van der Waals surface area contributed by atoms with Crippen LogP contribution in [-0.2, 0) is 32.3 Å². The lowest BCUT2D eigenvalue weighted by Crippen LogP contribution is -2.71. The molecule has 0 unspecified atom stereocenters. The summed E-state index contributed by atoms with van der Waals surface area (Å²) in [4.78, 5) is 46.8. The van der Waals surface area contributed by atoms with Gasteiger partial charge in [0, 0.05) is 43.3 Å². The van der Waals surface area contributed by atoms with Gasteiger partial charge in [0.15, 0.2) is 5.54 Å². The fourth-order valence-electron chi connectivity index (χ4n) is 7.78. The number of ether oxygens (including phenoxy) is 1. The molecule has 3 saturated heterocycles. The second-order valence-corrected chi connectivity index (χ2v) is 14.1. The summed E-state index contributed by atoms with van der Waals surface area (Å²) in [6.45, 7) is 0.441. The lowest BCUT2D eigenvalue weighted by atomic mass is 9.71. The summed E-state index contributed by atoms with van der Waals surface area (Å²) in [7, 11) is 0. The molecule has 3 aromatic rings. The fraction of sp³-hybridized carbons (Fsp3) is 0.485. The zero-order valence-electron chi connectivity index (χ0n) is 27.0. The van der Waals surface area contributed by atoms with E-state index in [-0.39, 0.29) is 27.1 Å². The Balaban J connectivity index is 1.05. The SMILES string of the molecule is O=C1N[C@]2(CC(F)(F)c3cc(-c4cnn(C5CN(C6COC6)C5)c4)ccc32)C(=O)N1CC(=O)N(Cc1ccc(F)cn1)C1(C(F)(F)F)CC(F)(F)C1. The van der Waals surface area contributed by atoms with E-state index in [0.717, 1.165) is 25.2 Å². The number of nitrogens with one attached hydrogen (secondary N) is 1. The van der Waals surface area contributed by atoms with E-state index < -0.39 is 90.7 Å². The average molecular weight is 740 g/mol. The highest BCUT2D eigenvalue weighted by molar-refractivity contribution is 6.10. The van der Waals surface area contributed by atoms with Crippen LogP contribution in [0.4, 0.5) is 39.9 Å². The lowest BCUT2D eigenvalue weighted by Gasteiger charge is -2.54. The third-order valence-electron chi connectivity index (χ3n) is 10.7. The first-order chi connectivity index (χ1) is 24.4. The number of imide groups is 1. The van der Waals surface area contributed by atoms with E-state index in [0.29, 0.717) is 36.6 Å². The Morgan fingerprint density at radius 2 is 1.69 bits per heavy atom. The zero-order valence-corrected chi connectivity index (χ0v) is 27.0.